The second-order valence-electron chi connectivity index (χ2n) is 6.22. The van der Waals surface area contributed by atoms with E-state index in [-0.39, 0.29) is 5.82 Å². The van der Waals surface area contributed by atoms with Gasteiger partial charge in [-0.1, -0.05) is 60.7 Å². The van der Waals surface area contributed by atoms with Crippen molar-refractivity contribution < 1.29 is 4.39 Å². The Hall–Kier alpha value is -3.26. The van der Waals surface area contributed by atoms with Gasteiger partial charge >= 0.3 is 0 Å². The Bertz CT molecular complexity index is 1260. The molecule has 0 radical (unpaired) electrons. The molecule has 118 valence electrons. The third kappa shape index (κ3) is 2.18. The molecule has 0 N–H and O–H groups in total. The molecule has 5 aromatic rings. The van der Waals surface area contributed by atoms with Crippen molar-refractivity contribution in [3.8, 4) is 11.3 Å². The van der Waals surface area contributed by atoms with E-state index in [0.29, 0.717) is 5.39 Å². The Balaban J connectivity index is 1.82. The fraction of sp³-hybridized carbons (Fsp3) is 0. The number of rotatable bonds is 1. The summed E-state index contributed by atoms with van der Waals surface area (Å²) >= 11 is 0. The van der Waals surface area contributed by atoms with Crippen LogP contribution < -0.4 is 0 Å². The van der Waals surface area contributed by atoms with Crippen molar-refractivity contribution in [1.82, 2.24) is 4.98 Å². The zero-order chi connectivity index (χ0) is 16.8. The van der Waals surface area contributed by atoms with E-state index >= 15 is 0 Å². The van der Waals surface area contributed by atoms with E-state index < -0.39 is 0 Å². The summed E-state index contributed by atoms with van der Waals surface area (Å²) in [7, 11) is 0. The fourth-order valence-corrected chi connectivity index (χ4v) is 3.56. The second kappa shape index (κ2) is 5.38. The van der Waals surface area contributed by atoms with Gasteiger partial charge in [-0.3, -0.25) is 4.98 Å². The summed E-state index contributed by atoms with van der Waals surface area (Å²) in [5, 5.41) is 6.25. The maximum absolute atomic E-state index is 13.9. The van der Waals surface area contributed by atoms with Crippen molar-refractivity contribution in [2.45, 2.75) is 0 Å². The second-order valence-corrected chi connectivity index (χ2v) is 6.22. The van der Waals surface area contributed by atoms with Crippen LogP contribution >= 0.6 is 0 Å². The minimum absolute atomic E-state index is 0.194. The van der Waals surface area contributed by atoms with Gasteiger partial charge in [-0.15, -0.1) is 0 Å². The standard InChI is InChI=1S/C23H14FN/c24-22-7-3-5-16-14-17(9-10-19(16)22)23-21-11-8-15-4-1-2-6-18(15)20(21)12-13-25-23/h1-14H. The summed E-state index contributed by atoms with van der Waals surface area (Å²) in [5.74, 6) is -0.194. The first-order chi connectivity index (χ1) is 12.3. The Labute approximate surface area is 144 Å². The predicted molar refractivity (Wildman–Crippen MR) is 102 cm³/mol. The van der Waals surface area contributed by atoms with Gasteiger partial charge in [0.1, 0.15) is 5.82 Å². The van der Waals surface area contributed by atoms with Crippen LogP contribution in [-0.2, 0) is 0 Å². The molecule has 0 bridgehead atoms. The summed E-state index contributed by atoms with van der Waals surface area (Å²) < 4.78 is 13.9. The highest BCUT2D eigenvalue weighted by atomic mass is 19.1. The van der Waals surface area contributed by atoms with Crippen molar-refractivity contribution in [2.24, 2.45) is 0 Å². The van der Waals surface area contributed by atoms with Crippen LogP contribution in [0.2, 0.25) is 0 Å². The van der Waals surface area contributed by atoms with Crippen molar-refractivity contribution in [2.75, 3.05) is 0 Å². The first kappa shape index (κ1) is 14.1. The van der Waals surface area contributed by atoms with Crippen LogP contribution in [0.1, 0.15) is 0 Å². The molecule has 1 nitrogen and oxygen atoms in total. The highest BCUT2D eigenvalue weighted by Crippen LogP contribution is 2.33. The molecule has 0 aliphatic carbocycles. The van der Waals surface area contributed by atoms with Crippen LogP contribution in [0, 0.1) is 5.82 Å². The highest BCUT2D eigenvalue weighted by molar-refractivity contribution is 6.11. The molecule has 1 heterocycles. The van der Waals surface area contributed by atoms with Crippen LogP contribution in [0.3, 0.4) is 0 Å². The van der Waals surface area contributed by atoms with E-state index in [2.05, 4.69) is 41.4 Å². The summed E-state index contributed by atoms with van der Waals surface area (Å²) in [6, 6.07) is 25.6. The SMILES string of the molecule is Fc1cccc2cc(-c3nccc4c3ccc3ccccc34)ccc12. The lowest BCUT2D eigenvalue weighted by atomic mass is 9.97. The molecule has 0 aliphatic rings. The summed E-state index contributed by atoms with van der Waals surface area (Å²) in [4.78, 5) is 4.62. The highest BCUT2D eigenvalue weighted by Gasteiger charge is 2.09. The Kier molecular flexibility index (Phi) is 3.04. The van der Waals surface area contributed by atoms with Crippen molar-refractivity contribution in [3.05, 3.63) is 90.9 Å². The molecule has 0 amide bonds. The number of fused-ring (bicyclic) bond motifs is 4. The Morgan fingerprint density at radius 3 is 2.40 bits per heavy atom. The molecule has 0 unspecified atom stereocenters. The van der Waals surface area contributed by atoms with Gasteiger partial charge in [0.05, 0.1) is 5.69 Å². The summed E-state index contributed by atoms with van der Waals surface area (Å²) in [6.07, 6.45) is 1.85. The lowest BCUT2D eigenvalue weighted by Gasteiger charge is -2.10. The van der Waals surface area contributed by atoms with Gasteiger partial charge in [-0.2, -0.15) is 0 Å². The normalized spacial score (nSPS) is 11.4. The average molecular weight is 323 g/mol. The summed E-state index contributed by atoms with van der Waals surface area (Å²) in [5.41, 5.74) is 1.92. The van der Waals surface area contributed by atoms with E-state index in [9.17, 15) is 4.39 Å². The summed E-state index contributed by atoms with van der Waals surface area (Å²) in [6.45, 7) is 0. The number of aromatic nitrogens is 1. The molecule has 0 fully saturated rings. The lowest BCUT2D eigenvalue weighted by Crippen LogP contribution is -1.88. The van der Waals surface area contributed by atoms with Gasteiger partial charge in [0.15, 0.2) is 0 Å². The van der Waals surface area contributed by atoms with Crippen molar-refractivity contribution in [3.63, 3.8) is 0 Å². The molecule has 0 spiro atoms. The Morgan fingerprint density at radius 2 is 1.44 bits per heavy atom. The minimum atomic E-state index is -0.194. The van der Waals surface area contributed by atoms with Gasteiger partial charge in [-0.05, 0) is 39.7 Å². The monoisotopic (exact) mass is 323 g/mol. The minimum Gasteiger partial charge on any atom is -0.256 e. The molecule has 0 aliphatic heterocycles. The van der Waals surface area contributed by atoms with Gasteiger partial charge in [0.25, 0.3) is 0 Å². The smallest absolute Gasteiger partial charge is 0.131 e. The van der Waals surface area contributed by atoms with Crippen LogP contribution in [0.25, 0.3) is 43.6 Å². The number of nitrogens with zero attached hydrogens (tertiary/aromatic N) is 1. The molecule has 0 saturated heterocycles. The van der Waals surface area contributed by atoms with E-state index in [1.54, 1.807) is 6.07 Å². The first-order valence-corrected chi connectivity index (χ1v) is 8.26. The molecule has 5 rings (SSSR count). The molecular weight excluding hydrogens is 309 g/mol. The number of halogens is 1. The molecule has 0 atom stereocenters. The molecule has 4 aromatic carbocycles. The van der Waals surface area contributed by atoms with E-state index in [0.717, 1.165) is 22.0 Å². The maximum Gasteiger partial charge on any atom is 0.131 e. The van der Waals surface area contributed by atoms with Gasteiger partial charge < -0.3 is 0 Å². The predicted octanol–water partition coefficient (Wildman–Crippen LogP) is 6.35. The third-order valence-corrected chi connectivity index (χ3v) is 4.77. The molecule has 25 heavy (non-hydrogen) atoms. The van der Waals surface area contributed by atoms with E-state index in [4.69, 9.17) is 0 Å². The zero-order valence-corrected chi connectivity index (χ0v) is 13.4. The largest absolute Gasteiger partial charge is 0.256 e. The van der Waals surface area contributed by atoms with Crippen LogP contribution in [0.4, 0.5) is 4.39 Å². The Morgan fingerprint density at radius 1 is 0.600 bits per heavy atom. The quantitative estimate of drug-likeness (QED) is 0.328. The van der Waals surface area contributed by atoms with Gasteiger partial charge in [0.2, 0.25) is 0 Å². The van der Waals surface area contributed by atoms with Gasteiger partial charge in [-0.25, -0.2) is 4.39 Å². The maximum atomic E-state index is 13.9. The van der Waals surface area contributed by atoms with Gasteiger partial charge in [0, 0.05) is 22.5 Å². The third-order valence-electron chi connectivity index (χ3n) is 4.77. The van der Waals surface area contributed by atoms with Crippen molar-refractivity contribution in [1.29, 1.82) is 0 Å². The number of hydrogen-bond acceptors (Lipinski definition) is 1. The molecular formula is C23H14FN. The zero-order valence-electron chi connectivity index (χ0n) is 13.4. The van der Waals surface area contributed by atoms with E-state index in [1.807, 2.05) is 36.5 Å². The van der Waals surface area contributed by atoms with Crippen LogP contribution in [0.5, 0.6) is 0 Å². The lowest BCUT2D eigenvalue weighted by molar-refractivity contribution is 0.640. The fourth-order valence-electron chi connectivity index (χ4n) is 3.56. The number of benzene rings is 4. The molecule has 2 heteroatoms. The first-order valence-electron chi connectivity index (χ1n) is 8.26. The van der Waals surface area contributed by atoms with Crippen LogP contribution in [-0.4, -0.2) is 4.98 Å². The van der Waals surface area contributed by atoms with Crippen molar-refractivity contribution >= 4 is 32.3 Å². The average Bonchev–Trinajstić information content (AvgIpc) is 2.67. The topological polar surface area (TPSA) is 12.9 Å². The van der Waals surface area contributed by atoms with E-state index in [1.165, 1.54) is 22.2 Å². The molecule has 0 saturated carbocycles. The van der Waals surface area contributed by atoms with Crippen LogP contribution in [0.15, 0.2) is 85.1 Å². The molecule has 1 aromatic heterocycles. The number of pyridine rings is 1. The number of hydrogen-bond donors (Lipinski definition) is 0.